The molecular formula is C21H19FN2O. The molecule has 4 heteroatoms. The van der Waals surface area contributed by atoms with Gasteiger partial charge in [0.1, 0.15) is 11.4 Å². The summed E-state index contributed by atoms with van der Waals surface area (Å²) in [4.78, 5) is 6.69. The van der Waals surface area contributed by atoms with Crippen molar-refractivity contribution < 1.29 is 9.13 Å². The molecule has 1 aromatic heterocycles. The van der Waals surface area contributed by atoms with E-state index in [9.17, 15) is 4.39 Å². The van der Waals surface area contributed by atoms with Crippen LogP contribution in [0.4, 0.5) is 10.1 Å². The van der Waals surface area contributed by atoms with Gasteiger partial charge in [0.2, 0.25) is 0 Å². The van der Waals surface area contributed by atoms with Crippen molar-refractivity contribution in [3.05, 3.63) is 71.7 Å². The summed E-state index contributed by atoms with van der Waals surface area (Å²) in [5.74, 6) is -0.250. The zero-order valence-electron chi connectivity index (χ0n) is 13.9. The fourth-order valence-corrected chi connectivity index (χ4v) is 4.34. The van der Waals surface area contributed by atoms with Crippen LogP contribution < -0.4 is 4.90 Å². The van der Waals surface area contributed by atoms with Crippen molar-refractivity contribution in [2.75, 3.05) is 24.6 Å². The Hall–Kier alpha value is -2.46. The number of aromatic nitrogens is 1. The Morgan fingerprint density at radius 1 is 1.12 bits per heavy atom. The van der Waals surface area contributed by atoms with Crippen molar-refractivity contribution >= 4 is 16.6 Å². The number of pyridine rings is 1. The quantitative estimate of drug-likeness (QED) is 0.671. The van der Waals surface area contributed by atoms with Crippen LogP contribution in [0.25, 0.3) is 10.9 Å². The lowest BCUT2D eigenvalue weighted by atomic mass is 9.93. The molecule has 1 saturated heterocycles. The molecule has 2 aromatic carbocycles. The molecule has 2 heterocycles. The predicted octanol–water partition coefficient (Wildman–Crippen LogP) is 4.05. The molecule has 1 aliphatic carbocycles. The second-order valence-electron chi connectivity index (χ2n) is 6.91. The van der Waals surface area contributed by atoms with Gasteiger partial charge in [0.25, 0.3) is 0 Å². The highest BCUT2D eigenvalue weighted by Crippen LogP contribution is 2.43. The van der Waals surface area contributed by atoms with Crippen LogP contribution in [0, 0.1) is 5.82 Å². The number of hydrogen-bond donors (Lipinski definition) is 0. The standard InChI is InChI=1S/C21H19FN2O/c22-16-5-6-17-19(13-16)23-10-8-20(17)24-11-12-25-21(14-24)9-7-15-3-1-2-4-18(15)21/h1-6,8,10,13H,7,9,11-12,14H2. The highest BCUT2D eigenvalue weighted by Gasteiger charge is 2.43. The summed E-state index contributed by atoms with van der Waals surface area (Å²) in [6, 6.07) is 15.5. The Kier molecular flexibility index (Phi) is 3.28. The van der Waals surface area contributed by atoms with Crippen LogP contribution in [0.5, 0.6) is 0 Å². The van der Waals surface area contributed by atoms with Gasteiger partial charge in [-0.05, 0) is 42.2 Å². The number of fused-ring (bicyclic) bond motifs is 3. The van der Waals surface area contributed by atoms with Gasteiger partial charge in [-0.2, -0.15) is 0 Å². The Morgan fingerprint density at radius 2 is 2.04 bits per heavy atom. The molecule has 0 amide bonds. The van der Waals surface area contributed by atoms with Crippen LogP contribution in [0.15, 0.2) is 54.7 Å². The van der Waals surface area contributed by atoms with Gasteiger partial charge in [-0.3, -0.25) is 4.98 Å². The fraction of sp³-hybridized carbons (Fsp3) is 0.286. The molecule has 0 bridgehead atoms. The lowest BCUT2D eigenvalue weighted by Crippen LogP contribution is -2.49. The van der Waals surface area contributed by atoms with Crippen LogP contribution in [0.2, 0.25) is 0 Å². The molecule has 3 nitrogen and oxygen atoms in total. The topological polar surface area (TPSA) is 25.4 Å². The van der Waals surface area contributed by atoms with Gasteiger partial charge < -0.3 is 9.64 Å². The highest BCUT2D eigenvalue weighted by atomic mass is 19.1. The van der Waals surface area contributed by atoms with Crippen molar-refractivity contribution in [2.24, 2.45) is 0 Å². The van der Waals surface area contributed by atoms with Crippen molar-refractivity contribution in [3.8, 4) is 0 Å². The van der Waals surface area contributed by atoms with Crippen molar-refractivity contribution in [1.82, 2.24) is 4.98 Å². The second kappa shape index (κ2) is 5.53. The van der Waals surface area contributed by atoms with Gasteiger partial charge in [0, 0.05) is 29.9 Å². The summed E-state index contributed by atoms with van der Waals surface area (Å²) in [5, 5.41) is 0.993. The van der Waals surface area contributed by atoms with E-state index in [1.807, 2.05) is 12.1 Å². The monoisotopic (exact) mass is 334 g/mol. The molecule has 1 fully saturated rings. The summed E-state index contributed by atoms with van der Waals surface area (Å²) in [6.45, 7) is 2.35. The lowest BCUT2D eigenvalue weighted by molar-refractivity contribution is -0.0591. The summed E-state index contributed by atoms with van der Waals surface area (Å²) in [7, 11) is 0. The molecule has 1 atom stereocenters. The van der Waals surface area contributed by atoms with Gasteiger partial charge in [0.15, 0.2) is 0 Å². The van der Waals surface area contributed by atoms with Gasteiger partial charge >= 0.3 is 0 Å². The van der Waals surface area contributed by atoms with E-state index in [0.717, 1.165) is 37.0 Å². The number of anilines is 1. The van der Waals surface area contributed by atoms with E-state index in [4.69, 9.17) is 4.74 Å². The van der Waals surface area contributed by atoms with Crippen LogP contribution in [0.3, 0.4) is 0 Å². The number of aryl methyl sites for hydroxylation is 1. The Morgan fingerprint density at radius 3 is 3.00 bits per heavy atom. The number of hydrogen-bond acceptors (Lipinski definition) is 3. The van der Waals surface area contributed by atoms with Crippen LogP contribution in [0.1, 0.15) is 17.5 Å². The normalized spacial score (nSPS) is 22.5. The summed E-state index contributed by atoms with van der Waals surface area (Å²) in [5.41, 5.74) is 4.29. The molecule has 2 aliphatic rings. The highest BCUT2D eigenvalue weighted by molar-refractivity contribution is 5.91. The third-order valence-corrected chi connectivity index (χ3v) is 5.51. The number of rotatable bonds is 1. The Bertz CT molecular complexity index is 954. The molecule has 126 valence electrons. The minimum atomic E-state index is -0.250. The van der Waals surface area contributed by atoms with Crippen LogP contribution >= 0.6 is 0 Å². The average Bonchev–Trinajstić information content (AvgIpc) is 2.99. The summed E-state index contributed by atoms with van der Waals surface area (Å²) < 4.78 is 19.9. The Labute approximate surface area is 146 Å². The maximum Gasteiger partial charge on any atom is 0.125 e. The first-order chi connectivity index (χ1) is 12.3. The summed E-state index contributed by atoms with van der Waals surface area (Å²) in [6.07, 6.45) is 3.84. The third kappa shape index (κ3) is 2.32. The van der Waals surface area contributed by atoms with Gasteiger partial charge in [-0.15, -0.1) is 0 Å². The molecule has 3 aromatic rings. The molecule has 0 radical (unpaired) electrons. The third-order valence-electron chi connectivity index (χ3n) is 5.51. The van der Waals surface area contributed by atoms with E-state index in [-0.39, 0.29) is 11.4 Å². The van der Waals surface area contributed by atoms with Gasteiger partial charge in [-0.1, -0.05) is 24.3 Å². The zero-order chi connectivity index (χ0) is 16.9. The number of morpholine rings is 1. The number of benzene rings is 2. The van der Waals surface area contributed by atoms with E-state index in [1.165, 1.54) is 23.3 Å². The lowest BCUT2D eigenvalue weighted by Gasteiger charge is -2.42. The van der Waals surface area contributed by atoms with Gasteiger partial charge in [-0.25, -0.2) is 4.39 Å². The van der Waals surface area contributed by atoms with E-state index in [0.29, 0.717) is 12.1 Å². The van der Waals surface area contributed by atoms with Crippen molar-refractivity contribution in [1.29, 1.82) is 0 Å². The second-order valence-corrected chi connectivity index (χ2v) is 6.91. The number of nitrogens with zero attached hydrogens (tertiary/aromatic N) is 2. The van der Waals surface area contributed by atoms with Crippen molar-refractivity contribution in [2.45, 2.75) is 18.4 Å². The predicted molar refractivity (Wildman–Crippen MR) is 96.3 cm³/mol. The molecular weight excluding hydrogens is 315 g/mol. The van der Waals surface area contributed by atoms with Crippen LogP contribution in [-0.4, -0.2) is 24.7 Å². The largest absolute Gasteiger partial charge is 0.367 e. The maximum atomic E-state index is 13.5. The van der Waals surface area contributed by atoms with E-state index in [1.54, 1.807) is 6.20 Å². The fourth-order valence-electron chi connectivity index (χ4n) is 4.34. The first kappa shape index (κ1) is 14.8. The van der Waals surface area contributed by atoms with E-state index >= 15 is 0 Å². The molecule has 0 saturated carbocycles. The van der Waals surface area contributed by atoms with Crippen LogP contribution in [-0.2, 0) is 16.8 Å². The molecule has 1 spiro atoms. The first-order valence-electron chi connectivity index (χ1n) is 8.77. The van der Waals surface area contributed by atoms with E-state index < -0.39 is 0 Å². The van der Waals surface area contributed by atoms with Gasteiger partial charge in [0.05, 0.1) is 18.7 Å². The zero-order valence-corrected chi connectivity index (χ0v) is 13.9. The molecule has 1 unspecified atom stereocenters. The summed E-state index contributed by atoms with van der Waals surface area (Å²) >= 11 is 0. The molecule has 0 N–H and O–H groups in total. The maximum absolute atomic E-state index is 13.5. The number of ether oxygens (including phenoxy) is 1. The SMILES string of the molecule is Fc1ccc2c(N3CCOC4(CCc5ccccc54)C3)ccnc2c1. The minimum Gasteiger partial charge on any atom is -0.367 e. The van der Waals surface area contributed by atoms with E-state index in [2.05, 4.69) is 34.1 Å². The van der Waals surface area contributed by atoms with Crippen molar-refractivity contribution in [3.63, 3.8) is 0 Å². The molecule has 1 aliphatic heterocycles. The average molecular weight is 334 g/mol. The molecule has 25 heavy (non-hydrogen) atoms. The Balaban J connectivity index is 1.56. The first-order valence-corrected chi connectivity index (χ1v) is 8.77. The minimum absolute atomic E-state index is 0.232. The smallest absolute Gasteiger partial charge is 0.125 e. The molecule has 5 rings (SSSR count). The number of halogens is 1.